The molecule has 5 nitrogen and oxygen atoms in total. The predicted octanol–water partition coefficient (Wildman–Crippen LogP) is 3.69. The van der Waals surface area contributed by atoms with Gasteiger partial charge in [-0.05, 0) is 24.6 Å². The van der Waals surface area contributed by atoms with Crippen LogP contribution in [0.1, 0.15) is 31.7 Å². The van der Waals surface area contributed by atoms with Gasteiger partial charge in [-0.2, -0.15) is 4.98 Å². The van der Waals surface area contributed by atoms with Crippen LogP contribution in [0.15, 0.2) is 27.2 Å². The molecule has 0 radical (unpaired) electrons. The van der Waals surface area contributed by atoms with Gasteiger partial charge in [0.05, 0.1) is 5.56 Å². The Hall–Kier alpha value is -1.40. The number of halogens is 1. The summed E-state index contributed by atoms with van der Waals surface area (Å²) >= 11 is 3.34. The minimum atomic E-state index is -0.184. The van der Waals surface area contributed by atoms with Crippen molar-refractivity contribution in [3.63, 3.8) is 0 Å². The molecular formula is C13H15BrN2O3. The molecule has 2 aromatic rings. The maximum atomic E-state index is 9.82. The number of phenolic OH excluding ortho intramolecular Hbond substituents is 1. The molecule has 1 unspecified atom stereocenters. The van der Waals surface area contributed by atoms with E-state index in [-0.39, 0.29) is 17.7 Å². The summed E-state index contributed by atoms with van der Waals surface area (Å²) in [7, 11) is 1.62. The molecule has 0 saturated carbocycles. The topological polar surface area (TPSA) is 68.4 Å². The molecule has 0 amide bonds. The molecule has 0 aliphatic heterocycles. The first kappa shape index (κ1) is 14.0. The van der Waals surface area contributed by atoms with E-state index in [0.717, 1.165) is 17.3 Å². The number of phenols is 1. The Kier molecular flexibility index (Phi) is 4.55. The van der Waals surface area contributed by atoms with Crippen LogP contribution in [0.4, 0.5) is 0 Å². The minimum absolute atomic E-state index is 0.0999. The second kappa shape index (κ2) is 6.16. The van der Waals surface area contributed by atoms with Crippen molar-refractivity contribution in [2.75, 3.05) is 7.11 Å². The molecule has 0 fully saturated rings. The normalized spacial score (nSPS) is 12.6. The standard InChI is InChI=1S/C13H15BrN2O3/c1-3-4-11(18-2)12-15-13(19-16-12)9-7-8(14)5-6-10(9)17/h5-7,11,17H,3-4H2,1-2H3. The zero-order valence-electron chi connectivity index (χ0n) is 10.8. The number of methoxy groups -OCH3 is 1. The number of benzene rings is 1. The molecule has 1 aromatic carbocycles. The second-order valence-electron chi connectivity index (χ2n) is 4.13. The van der Waals surface area contributed by atoms with E-state index in [9.17, 15) is 5.11 Å². The van der Waals surface area contributed by atoms with Crippen LogP contribution in [-0.4, -0.2) is 22.4 Å². The molecule has 1 aromatic heterocycles. The Morgan fingerprint density at radius 1 is 1.47 bits per heavy atom. The average molecular weight is 327 g/mol. The lowest BCUT2D eigenvalue weighted by molar-refractivity contribution is 0.0854. The largest absolute Gasteiger partial charge is 0.507 e. The highest BCUT2D eigenvalue weighted by Crippen LogP contribution is 2.31. The molecule has 0 spiro atoms. The van der Waals surface area contributed by atoms with Gasteiger partial charge in [-0.15, -0.1) is 0 Å². The third-order valence-electron chi connectivity index (χ3n) is 2.75. The predicted molar refractivity (Wildman–Crippen MR) is 73.8 cm³/mol. The highest BCUT2D eigenvalue weighted by molar-refractivity contribution is 9.10. The van der Waals surface area contributed by atoms with Crippen molar-refractivity contribution in [3.8, 4) is 17.2 Å². The molecule has 1 N–H and O–H groups in total. The molecule has 1 atom stereocenters. The van der Waals surface area contributed by atoms with Gasteiger partial charge in [0, 0.05) is 11.6 Å². The summed E-state index contributed by atoms with van der Waals surface area (Å²) in [6, 6.07) is 5.04. The number of rotatable bonds is 5. The maximum Gasteiger partial charge on any atom is 0.261 e. The van der Waals surface area contributed by atoms with Gasteiger partial charge in [0.15, 0.2) is 0 Å². The van der Waals surface area contributed by atoms with E-state index in [4.69, 9.17) is 9.26 Å². The van der Waals surface area contributed by atoms with Crippen molar-refractivity contribution in [1.82, 2.24) is 10.1 Å². The van der Waals surface area contributed by atoms with Gasteiger partial charge < -0.3 is 14.4 Å². The molecule has 0 saturated heterocycles. The Morgan fingerprint density at radius 2 is 2.26 bits per heavy atom. The fraction of sp³-hybridized carbons (Fsp3) is 0.385. The van der Waals surface area contributed by atoms with Crippen molar-refractivity contribution in [1.29, 1.82) is 0 Å². The van der Waals surface area contributed by atoms with Crippen LogP contribution in [0, 0.1) is 0 Å². The third kappa shape index (κ3) is 3.13. The first-order valence-corrected chi connectivity index (χ1v) is 6.80. The SMILES string of the molecule is CCCC(OC)c1noc(-c2cc(Br)ccc2O)n1. The summed E-state index contributed by atoms with van der Waals surface area (Å²) < 4.78 is 11.3. The van der Waals surface area contributed by atoms with Crippen LogP contribution in [-0.2, 0) is 4.74 Å². The van der Waals surface area contributed by atoms with E-state index in [1.807, 2.05) is 0 Å². The lowest BCUT2D eigenvalue weighted by Crippen LogP contribution is -2.03. The molecule has 0 aliphatic carbocycles. The first-order valence-electron chi connectivity index (χ1n) is 6.01. The monoisotopic (exact) mass is 326 g/mol. The van der Waals surface area contributed by atoms with Crippen LogP contribution >= 0.6 is 15.9 Å². The fourth-order valence-electron chi connectivity index (χ4n) is 1.77. The summed E-state index contributed by atoms with van der Waals surface area (Å²) in [4.78, 5) is 4.29. The number of aromatic hydroxyl groups is 1. The second-order valence-corrected chi connectivity index (χ2v) is 5.05. The number of aromatic nitrogens is 2. The smallest absolute Gasteiger partial charge is 0.261 e. The Balaban J connectivity index is 2.32. The third-order valence-corrected chi connectivity index (χ3v) is 3.25. The molecule has 19 heavy (non-hydrogen) atoms. The van der Waals surface area contributed by atoms with Gasteiger partial charge in [-0.1, -0.05) is 34.4 Å². The quantitative estimate of drug-likeness (QED) is 0.907. The van der Waals surface area contributed by atoms with E-state index in [0.29, 0.717) is 11.4 Å². The number of hydrogen-bond donors (Lipinski definition) is 1. The van der Waals surface area contributed by atoms with Crippen LogP contribution in [0.5, 0.6) is 5.75 Å². The molecule has 0 aliphatic rings. The van der Waals surface area contributed by atoms with Crippen molar-refractivity contribution < 1.29 is 14.4 Å². The van der Waals surface area contributed by atoms with Crippen LogP contribution in [0.25, 0.3) is 11.5 Å². The Labute approximate surface area is 119 Å². The van der Waals surface area contributed by atoms with Crippen molar-refractivity contribution >= 4 is 15.9 Å². The number of nitrogens with zero attached hydrogens (tertiary/aromatic N) is 2. The van der Waals surface area contributed by atoms with Gasteiger partial charge in [-0.25, -0.2) is 0 Å². The van der Waals surface area contributed by atoms with Gasteiger partial charge >= 0.3 is 0 Å². The molecule has 0 bridgehead atoms. The average Bonchev–Trinajstić information content (AvgIpc) is 2.88. The van der Waals surface area contributed by atoms with E-state index in [1.165, 1.54) is 0 Å². The highest BCUT2D eigenvalue weighted by Gasteiger charge is 2.19. The van der Waals surface area contributed by atoms with Crippen LogP contribution in [0.2, 0.25) is 0 Å². The lowest BCUT2D eigenvalue weighted by atomic mass is 10.2. The Morgan fingerprint density at radius 3 is 2.95 bits per heavy atom. The summed E-state index contributed by atoms with van der Waals surface area (Å²) in [6.45, 7) is 2.06. The van der Waals surface area contributed by atoms with Crippen LogP contribution < -0.4 is 0 Å². The van der Waals surface area contributed by atoms with Crippen molar-refractivity contribution in [2.24, 2.45) is 0 Å². The maximum absolute atomic E-state index is 9.82. The first-order chi connectivity index (χ1) is 9.15. The van der Waals surface area contributed by atoms with Gasteiger partial charge in [-0.3, -0.25) is 0 Å². The molecule has 6 heteroatoms. The molecule has 1 heterocycles. The van der Waals surface area contributed by atoms with Gasteiger partial charge in [0.25, 0.3) is 5.89 Å². The van der Waals surface area contributed by atoms with E-state index >= 15 is 0 Å². The minimum Gasteiger partial charge on any atom is -0.507 e. The summed E-state index contributed by atoms with van der Waals surface area (Å²) in [5, 5.41) is 13.7. The van der Waals surface area contributed by atoms with Crippen molar-refractivity contribution in [3.05, 3.63) is 28.5 Å². The van der Waals surface area contributed by atoms with E-state index in [2.05, 4.69) is 33.0 Å². The number of ether oxygens (including phenoxy) is 1. The molecule has 102 valence electrons. The van der Waals surface area contributed by atoms with E-state index in [1.54, 1.807) is 25.3 Å². The highest BCUT2D eigenvalue weighted by atomic mass is 79.9. The molecular weight excluding hydrogens is 312 g/mol. The fourth-order valence-corrected chi connectivity index (χ4v) is 2.13. The molecule has 2 rings (SSSR count). The Bertz CT molecular complexity index is 557. The van der Waals surface area contributed by atoms with Crippen molar-refractivity contribution in [2.45, 2.75) is 25.9 Å². The van der Waals surface area contributed by atoms with Gasteiger partial charge in [0.2, 0.25) is 5.82 Å². The summed E-state index contributed by atoms with van der Waals surface area (Å²) in [6.07, 6.45) is 1.60. The summed E-state index contributed by atoms with van der Waals surface area (Å²) in [5.41, 5.74) is 0.500. The zero-order valence-corrected chi connectivity index (χ0v) is 12.3. The summed E-state index contributed by atoms with van der Waals surface area (Å²) in [5.74, 6) is 0.883. The van der Waals surface area contributed by atoms with Gasteiger partial charge in [0.1, 0.15) is 11.9 Å². The van der Waals surface area contributed by atoms with E-state index < -0.39 is 0 Å². The number of hydrogen-bond acceptors (Lipinski definition) is 5. The zero-order chi connectivity index (χ0) is 13.8. The van der Waals surface area contributed by atoms with Crippen LogP contribution in [0.3, 0.4) is 0 Å². The lowest BCUT2D eigenvalue weighted by Gasteiger charge is -2.08.